The monoisotopic (exact) mass is 276 g/mol. The van der Waals surface area contributed by atoms with Crippen LogP contribution in [0.1, 0.15) is 26.7 Å². The van der Waals surface area contributed by atoms with Gasteiger partial charge in [-0.1, -0.05) is 32.0 Å². The van der Waals surface area contributed by atoms with E-state index in [0.29, 0.717) is 24.5 Å². The highest BCUT2D eigenvalue weighted by molar-refractivity contribution is 5.43. The average Bonchev–Trinajstić information content (AvgIpc) is 2.87. The van der Waals surface area contributed by atoms with Gasteiger partial charge >= 0.3 is 0 Å². The fraction of sp³-hybridized carbons (Fsp3) is 0.647. The normalized spacial score (nSPS) is 26.1. The number of benzene rings is 1. The molecule has 0 aliphatic heterocycles. The molecule has 0 radical (unpaired) electrons. The van der Waals surface area contributed by atoms with Crippen molar-refractivity contribution >= 4 is 5.69 Å². The second-order valence-electron chi connectivity index (χ2n) is 5.87. The first-order valence-corrected chi connectivity index (χ1v) is 7.91. The number of hydrogen-bond donors (Lipinski definition) is 2. The molecule has 112 valence electrons. The van der Waals surface area contributed by atoms with Crippen molar-refractivity contribution in [3.63, 3.8) is 0 Å². The standard InChI is InChI=1S/C17H28N2O/c1-3-19(4-2)12-14-10-17(11-15(14)13-20)18-16-8-6-5-7-9-16/h5-9,14-15,17-18,20H,3-4,10-13H2,1-2H3/t14?,15-,17?/m1/s1. The summed E-state index contributed by atoms with van der Waals surface area (Å²) in [6.45, 7) is 8.06. The summed E-state index contributed by atoms with van der Waals surface area (Å²) in [6, 6.07) is 10.9. The minimum absolute atomic E-state index is 0.318. The summed E-state index contributed by atoms with van der Waals surface area (Å²) in [6.07, 6.45) is 2.24. The van der Waals surface area contributed by atoms with Crippen molar-refractivity contribution in [1.29, 1.82) is 0 Å². The molecule has 2 N–H and O–H groups in total. The second-order valence-corrected chi connectivity index (χ2v) is 5.87. The van der Waals surface area contributed by atoms with E-state index in [0.717, 1.165) is 32.5 Å². The molecule has 0 heterocycles. The van der Waals surface area contributed by atoms with Gasteiger partial charge in [0.15, 0.2) is 0 Å². The molecule has 2 rings (SSSR count). The molecule has 1 saturated carbocycles. The first-order chi connectivity index (χ1) is 9.76. The second kappa shape index (κ2) is 7.65. The SMILES string of the molecule is CCN(CC)CC1CC(Nc2ccccc2)C[C@@H]1CO. The molecular formula is C17H28N2O. The Morgan fingerprint density at radius 2 is 1.75 bits per heavy atom. The minimum atomic E-state index is 0.318. The van der Waals surface area contributed by atoms with Crippen LogP contribution in [-0.4, -0.2) is 42.3 Å². The van der Waals surface area contributed by atoms with Crippen LogP contribution < -0.4 is 5.32 Å². The van der Waals surface area contributed by atoms with Crippen molar-refractivity contribution in [3.05, 3.63) is 30.3 Å². The third kappa shape index (κ3) is 3.97. The summed E-state index contributed by atoms with van der Waals surface area (Å²) in [7, 11) is 0. The number of aliphatic hydroxyl groups excluding tert-OH is 1. The zero-order valence-corrected chi connectivity index (χ0v) is 12.8. The first-order valence-electron chi connectivity index (χ1n) is 7.91. The number of para-hydroxylation sites is 1. The van der Waals surface area contributed by atoms with Gasteiger partial charge in [0.2, 0.25) is 0 Å². The maximum absolute atomic E-state index is 9.63. The predicted molar refractivity (Wildman–Crippen MR) is 84.9 cm³/mol. The van der Waals surface area contributed by atoms with Crippen LogP contribution in [0, 0.1) is 11.8 Å². The fourth-order valence-corrected chi connectivity index (χ4v) is 3.36. The van der Waals surface area contributed by atoms with Gasteiger partial charge in [-0.15, -0.1) is 0 Å². The van der Waals surface area contributed by atoms with E-state index in [9.17, 15) is 5.11 Å². The molecule has 0 aromatic heterocycles. The Morgan fingerprint density at radius 1 is 1.10 bits per heavy atom. The van der Waals surface area contributed by atoms with Crippen LogP contribution in [-0.2, 0) is 0 Å². The highest BCUT2D eigenvalue weighted by Crippen LogP contribution is 2.34. The number of anilines is 1. The van der Waals surface area contributed by atoms with Crippen LogP contribution in [0.15, 0.2) is 30.3 Å². The van der Waals surface area contributed by atoms with Crippen molar-refractivity contribution < 1.29 is 5.11 Å². The van der Waals surface area contributed by atoms with Crippen LogP contribution >= 0.6 is 0 Å². The van der Waals surface area contributed by atoms with Crippen molar-refractivity contribution in [2.75, 3.05) is 31.6 Å². The van der Waals surface area contributed by atoms with Crippen molar-refractivity contribution in [2.45, 2.75) is 32.7 Å². The third-order valence-corrected chi connectivity index (χ3v) is 4.61. The van der Waals surface area contributed by atoms with Gasteiger partial charge in [0.1, 0.15) is 0 Å². The van der Waals surface area contributed by atoms with E-state index in [-0.39, 0.29) is 0 Å². The van der Waals surface area contributed by atoms with Crippen molar-refractivity contribution in [1.82, 2.24) is 4.90 Å². The maximum atomic E-state index is 9.63. The van der Waals surface area contributed by atoms with Crippen LogP contribution in [0.2, 0.25) is 0 Å². The number of nitrogens with one attached hydrogen (secondary N) is 1. The smallest absolute Gasteiger partial charge is 0.0463 e. The highest BCUT2D eigenvalue weighted by atomic mass is 16.3. The summed E-state index contributed by atoms with van der Waals surface area (Å²) >= 11 is 0. The molecule has 3 atom stereocenters. The van der Waals surface area contributed by atoms with E-state index in [2.05, 4.69) is 48.3 Å². The third-order valence-electron chi connectivity index (χ3n) is 4.61. The van der Waals surface area contributed by atoms with Crippen LogP contribution in [0.5, 0.6) is 0 Å². The Balaban J connectivity index is 1.91. The van der Waals surface area contributed by atoms with E-state index in [1.54, 1.807) is 0 Å². The number of hydrogen-bond acceptors (Lipinski definition) is 3. The van der Waals surface area contributed by atoms with Gasteiger partial charge in [-0.05, 0) is 49.9 Å². The molecule has 1 aromatic rings. The Labute approximate surface area is 123 Å². The molecule has 0 spiro atoms. The molecule has 0 bridgehead atoms. The average molecular weight is 276 g/mol. The first kappa shape index (κ1) is 15.3. The summed E-state index contributed by atoms with van der Waals surface area (Å²) in [5.74, 6) is 1.05. The Morgan fingerprint density at radius 3 is 2.35 bits per heavy atom. The number of aliphatic hydroxyl groups is 1. The molecule has 3 heteroatoms. The Hall–Kier alpha value is -1.06. The maximum Gasteiger partial charge on any atom is 0.0463 e. The summed E-state index contributed by atoms with van der Waals surface area (Å²) in [5, 5.41) is 13.2. The lowest BCUT2D eigenvalue weighted by atomic mass is 9.96. The molecule has 20 heavy (non-hydrogen) atoms. The molecule has 1 fully saturated rings. The Bertz CT molecular complexity index is 378. The van der Waals surface area contributed by atoms with E-state index in [1.807, 2.05) is 6.07 Å². The lowest BCUT2D eigenvalue weighted by Gasteiger charge is -2.25. The molecule has 0 amide bonds. The van der Waals surface area contributed by atoms with Gasteiger partial charge in [0, 0.05) is 24.9 Å². The summed E-state index contributed by atoms with van der Waals surface area (Å²) < 4.78 is 0. The van der Waals surface area contributed by atoms with Gasteiger partial charge in [-0.3, -0.25) is 0 Å². The minimum Gasteiger partial charge on any atom is -0.396 e. The largest absolute Gasteiger partial charge is 0.396 e. The summed E-state index contributed by atoms with van der Waals surface area (Å²) in [4.78, 5) is 2.47. The molecule has 1 aliphatic rings. The van der Waals surface area contributed by atoms with Gasteiger partial charge in [-0.2, -0.15) is 0 Å². The molecule has 0 saturated heterocycles. The zero-order valence-electron chi connectivity index (χ0n) is 12.8. The van der Waals surface area contributed by atoms with Crippen LogP contribution in [0.25, 0.3) is 0 Å². The number of rotatable bonds is 7. The Kier molecular flexibility index (Phi) is 5.86. The lowest BCUT2D eigenvalue weighted by Crippen LogP contribution is -2.31. The molecular weight excluding hydrogens is 248 g/mol. The molecule has 3 nitrogen and oxygen atoms in total. The van der Waals surface area contributed by atoms with E-state index >= 15 is 0 Å². The fourth-order valence-electron chi connectivity index (χ4n) is 3.36. The quantitative estimate of drug-likeness (QED) is 0.804. The van der Waals surface area contributed by atoms with Crippen molar-refractivity contribution in [3.8, 4) is 0 Å². The van der Waals surface area contributed by atoms with E-state index in [1.165, 1.54) is 5.69 Å². The predicted octanol–water partition coefficient (Wildman–Crippen LogP) is 2.83. The molecule has 1 aliphatic carbocycles. The van der Waals surface area contributed by atoms with E-state index in [4.69, 9.17) is 0 Å². The lowest BCUT2D eigenvalue weighted by molar-refractivity contribution is 0.158. The summed E-state index contributed by atoms with van der Waals surface area (Å²) in [5.41, 5.74) is 1.19. The van der Waals surface area contributed by atoms with E-state index < -0.39 is 0 Å². The van der Waals surface area contributed by atoms with Gasteiger partial charge in [-0.25, -0.2) is 0 Å². The van der Waals surface area contributed by atoms with Crippen LogP contribution in [0.3, 0.4) is 0 Å². The number of nitrogens with zero attached hydrogens (tertiary/aromatic N) is 1. The molecule has 1 aromatic carbocycles. The molecule has 2 unspecified atom stereocenters. The highest BCUT2D eigenvalue weighted by Gasteiger charge is 2.34. The van der Waals surface area contributed by atoms with Crippen molar-refractivity contribution in [2.24, 2.45) is 11.8 Å². The van der Waals surface area contributed by atoms with Gasteiger partial charge in [0.25, 0.3) is 0 Å². The van der Waals surface area contributed by atoms with Gasteiger partial charge < -0.3 is 15.3 Å². The van der Waals surface area contributed by atoms with Gasteiger partial charge in [0.05, 0.1) is 0 Å². The zero-order chi connectivity index (χ0) is 14.4. The topological polar surface area (TPSA) is 35.5 Å². The van der Waals surface area contributed by atoms with Crippen LogP contribution in [0.4, 0.5) is 5.69 Å².